The zero-order valence-corrected chi connectivity index (χ0v) is 16.6. The lowest BCUT2D eigenvalue weighted by Gasteiger charge is -2.09. The van der Waals surface area contributed by atoms with Crippen LogP contribution >= 0.6 is 11.9 Å². The number of Topliss-reactive ketones (excluding diaryl/α,β-unsaturated/α-hetero) is 1. The van der Waals surface area contributed by atoms with Gasteiger partial charge in [0.2, 0.25) is 0 Å². The van der Waals surface area contributed by atoms with Crippen molar-refractivity contribution < 1.29 is 4.79 Å². The molecule has 6 heteroatoms. The van der Waals surface area contributed by atoms with Crippen LogP contribution < -0.4 is 4.72 Å². The van der Waals surface area contributed by atoms with E-state index in [2.05, 4.69) is 20.3 Å². The van der Waals surface area contributed by atoms with Gasteiger partial charge < -0.3 is 4.57 Å². The Balaban J connectivity index is 1.43. The number of imidazole rings is 1. The molecule has 2 aromatic carbocycles. The molecule has 3 rings (SSSR count). The van der Waals surface area contributed by atoms with E-state index in [1.165, 1.54) is 5.69 Å². The molecule has 0 aliphatic heterocycles. The van der Waals surface area contributed by atoms with Crippen LogP contribution in [0.1, 0.15) is 40.5 Å². The molecule has 0 unspecified atom stereocenters. The van der Waals surface area contributed by atoms with Crippen molar-refractivity contribution in [3.05, 3.63) is 83.4 Å². The second kappa shape index (κ2) is 9.88. The molecule has 1 aromatic heterocycles. The standard InChI is InChI=1S/C22H22N4OS/c1-17(27)20-8-10-22(11-9-20)28-25-12-2-3-21-14-24-16-26(21)15-19-6-4-18(13-23)5-7-19/h4-11,14,16,25H,2-3,12,15H2,1H3. The smallest absolute Gasteiger partial charge is 0.159 e. The lowest BCUT2D eigenvalue weighted by atomic mass is 10.1. The number of nitriles is 1. The van der Waals surface area contributed by atoms with Crippen LogP contribution in [0.5, 0.6) is 0 Å². The van der Waals surface area contributed by atoms with E-state index in [1.54, 1.807) is 18.9 Å². The minimum absolute atomic E-state index is 0.0853. The second-order valence-corrected chi connectivity index (χ2v) is 7.47. The number of rotatable bonds is 9. The van der Waals surface area contributed by atoms with E-state index in [0.29, 0.717) is 5.56 Å². The quantitative estimate of drug-likeness (QED) is 0.336. The molecule has 0 saturated heterocycles. The summed E-state index contributed by atoms with van der Waals surface area (Å²) in [4.78, 5) is 16.7. The maximum Gasteiger partial charge on any atom is 0.159 e. The summed E-state index contributed by atoms with van der Waals surface area (Å²) in [7, 11) is 0. The Bertz CT molecular complexity index is 955. The molecule has 0 fully saturated rings. The van der Waals surface area contributed by atoms with Gasteiger partial charge in [-0.3, -0.25) is 9.52 Å². The van der Waals surface area contributed by atoms with Gasteiger partial charge in [0.25, 0.3) is 0 Å². The number of ketones is 1. The van der Waals surface area contributed by atoms with Gasteiger partial charge in [-0.25, -0.2) is 4.98 Å². The average molecular weight is 391 g/mol. The maximum atomic E-state index is 11.3. The molecular formula is C22H22N4OS. The Morgan fingerprint density at radius 3 is 2.61 bits per heavy atom. The van der Waals surface area contributed by atoms with E-state index in [4.69, 9.17) is 5.26 Å². The molecule has 0 amide bonds. The van der Waals surface area contributed by atoms with Crippen LogP contribution in [0, 0.1) is 11.3 Å². The molecule has 0 saturated carbocycles. The zero-order chi connectivity index (χ0) is 19.8. The first-order chi connectivity index (χ1) is 13.7. The second-order valence-electron chi connectivity index (χ2n) is 6.50. The first-order valence-electron chi connectivity index (χ1n) is 9.14. The number of carbonyl (C=O) groups is 1. The molecule has 0 bridgehead atoms. The van der Waals surface area contributed by atoms with Crippen molar-refractivity contribution in [2.45, 2.75) is 31.2 Å². The summed E-state index contributed by atoms with van der Waals surface area (Å²) in [6, 6.07) is 17.4. The topological polar surface area (TPSA) is 70.7 Å². The monoisotopic (exact) mass is 390 g/mol. The van der Waals surface area contributed by atoms with Gasteiger partial charge in [0.15, 0.2) is 5.78 Å². The number of hydrogen-bond donors (Lipinski definition) is 1. The van der Waals surface area contributed by atoms with Crippen molar-refractivity contribution in [1.82, 2.24) is 14.3 Å². The third-order valence-corrected chi connectivity index (χ3v) is 5.25. The van der Waals surface area contributed by atoms with Crippen molar-refractivity contribution in [2.75, 3.05) is 6.54 Å². The number of aromatic nitrogens is 2. The maximum absolute atomic E-state index is 11.3. The normalized spacial score (nSPS) is 10.6. The summed E-state index contributed by atoms with van der Waals surface area (Å²) in [5.41, 5.74) is 3.76. The first-order valence-corrected chi connectivity index (χ1v) is 9.96. The van der Waals surface area contributed by atoms with Gasteiger partial charge in [0, 0.05) is 35.4 Å². The van der Waals surface area contributed by atoms with Crippen LogP contribution in [-0.4, -0.2) is 21.9 Å². The zero-order valence-electron chi connectivity index (χ0n) is 15.8. The largest absolute Gasteiger partial charge is 0.330 e. The van der Waals surface area contributed by atoms with Gasteiger partial charge in [0.05, 0.1) is 18.0 Å². The van der Waals surface area contributed by atoms with E-state index in [-0.39, 0.29) is 5.78 Å². The molecule has 0 radical (unpaired) electrons. The van der Waals surface area contributed by atoms with Crippen molar-refractivity contribution in [3.63, 3.8) is 0 Å². The molecule has 28 heavy (non-hydrogen) atoms. The van der Waals surface area contributed by atoms with Crippen LogP contribution in [0.15, 0.2) is 66.0 Å². The van der Waals surface area contributed by atoms with Gasteiger partial charge in [-0.2, -0.15) is 5.26 Å². The summed E-state index contributed by atoms with van der Waals surface area (Å²) in [6.45, 7) is 3.21. The summed E-state index contributed by atoms with van der Waals surface area (Å²) < 4.78 is 5.51. The van der Waals surface area contributed by atoms with Crippen molar-refractivity contribution in [3.8, 4) is 6.07 Å². The predicted octanol–water partition coefficient (Wildman–Crippen LogP) is 4.24. The molecule has 1 N–H and O–H groups in total. The first kappa shape index (κ1) is 19.9. The number of benzene rings is 2. The number of hydrogen-bond acceptors (Lipinski definition) is 5. The Hall–Kier alpha value is -2.88. The van der Waals surface area contributed by atoms with Crippen LogP contribution in [-0.2, 0) is 13.0 Å². The molecular weight excluding hydrogens is 368 g/mol. The molecule has 0 aliphatic rings. The Morgan fingerprint density at radius 2 is 1.93 bits per heavy atom. The third-order valence-electron chi connectivity index (χ3n) is 4.40. The highest BCUT2D eigenvalue weighted by Crippen LogP contribution is 2.16. The van der Waals surface area contributed by atoms with Gasteiger partial charge in [0.1, 0.15) is 0 Å². The SMILES string of the molecule is CC(=O)c1ccc(SNCCCc2cncn2Cc2ccc(C#N)cc2)cc1. The van der Waals surface area contributed by atoms with Gasteiger partial charge in [-0.1, -0.05) is 24.3 Å². The average Bonchev–Trinajstić information content (AvgIpc) is 3.15. The summed E-state index contributed by atoms with van der Waals surface area (Å²) >= 11 is 1.58. The number of nitrogens with one attached hydrogen (secondary N) is 1. The van der Waals surface area contributed by atoms with Crippen LogP contribution in [0.4, 0.5) is 0 Å². The molecule has 0 aliphatic carbocycles. The predicted molar refractivity (Wildman–Crippen MR) is 111 cm³/mol. The number of nitrogens with zero attached hydrogens (tertiary/aromatic N) is 3. The van der Waals surface area contributed by atoms with Crippen LogP contribution in [0.25, 0.3) is 0 Å². The minimum atomic E-state index is 0.0853. The van der Waals surface area contributed by atoms with Gasteiger partial charge in [-0.15, -0.1) is 0 Å². The summed E-state index contributed by atoms with van der Waals surface area (Å²) in [5.74, 6) is 0.0853. The van der Waals surface area contributed by atoms with Crippen molar-refractivity contribution >= 4 is 17.7 Å². The minimum Gasteiger partial charge on any atom is -0.330 e. The summed E-state index contributed by atoms with van der Waals surface area (Å²) in [6.07, 6.45) is 5.70. The molecule has 0 spiro atoms. The number of aryl methyl sites for hydroxylation is 1. The molecule has 3 aromatic rings. The lowest BCUT2D eigenvalue weighted by molar-refractivity contribution is 0.101. The Morgan fingerprint density at radius 1 is 1.18 bits per heavy atom. The highest BCUT2D eigenvalue weighted by Gasteiger charge is 2.04. The van der Waals surface area contributed by atoms with Gasteiger partial charge >= 0.3 is 0 Å². The van der Waals surface area contributed by atoms with Crippen molar-refractivity contribution in [1.29, 1.82) is 5.26 Å². The van der Waals surface area contributed by atoms with Crippen molar-refractivity contribution in [2.24, 2.45) is 0 Å². The summed E-state index contributed by atoms with van der Waals surface area (Å²) in [5, 5.41) is 8.89. The lowest BCUT2D eigenvalue weighted by Crippen LogP contribution is -2.09. The number of carbonyl (C=O) groups excluding carboxylic acids is 1. The molecule has 0 atom stereocenters. The van der Waals surface area contributed by atoms with E-state index < -0.39 is 0 Å². The van der Waals surface area contributed by atoms with E-state index in [0.717, 1.165) is 42.0 Å². The van der Waals surface area contributed by atoms with E-state index >= 15 is 0 Å². The Labute approximate surface area is 169 Å². The Kier molecular flexibility index (Phi) is 7.01. The fourth-order valence-electron chi connectivity index (χ4n) is 2.81. The highest BCUT2D eigenvalue weighted by molar-refractivity contribution is 7.97. The fraction of sp³-hybridized carbons (Fsp3) is 0.227. The fourth-order valence-corrected chi connectivity index (χ4v) is 3.50. The van der Waals surface area contributed by atoms with Crippen LogP contribution in [0.2, 0.25) is 0 Å². The highest BCUT2D eigenvalue weighted by atomic mass is 32.2. The van der Waals surface area contributed by atoms with Gasteiger partial charge in [-0.05, 0) is 61.5 Å². The third kappa shape index (κ3) is 5.56. The van der Waals surface area contributed by atoms with Crippen LogP contribution in [0.3, 0.4) is 0 Å². The van der Waals surface area contributed by atoms with E-state index in [1.807, 2.05) is 61.1 Å². The molecule has 1 heterocycles. The molecule has 5 nitrogen and oxygen atoms in total. The van der Waals surface area contributed by atoms with E-state index in [9.17, 15) is 4.79 Å². The molecule has 142 valence electrons.